The summed E-state index contributed by atoms with van der Waals surface area (Å²) in [5.74, 6) is 0.888. The van der Waals surface area contributed by atoms with E-state index in [4.69, 9.17) is 9.72 Å². The highest BCUT2D eigenvalue weighted by molar-refractivity contribution is 5.76. The lowest BCUT2D eigenvalue weighted by atomic mass is 10.1. The van der Waals surface area contributed by atoms with Gasteiger partial charge in [-0.1, -0.05) is 35.9 Å². The zero-order valence-corrected chi connectivity index (χ0v) is 14.9. The molecule has 0 aliphatic rings. The summed E-state index contributed by atoms with van der Waals surface area (Å²) < 4.78 is 5.17. The maximum Gasteiger partial charge on any atom is 0.121 e. The van der Waals surface area contributed by atoms with E-state index in [9.17, 15) is 0 Å². The van der Waals surface area contributed by atoms with Crippen molar-refractivity contribution in [3.8, 4) is 22.6 Å². The van der Waals surface area contributed by atoms with Gasteiger partial charge in [-0.25, -0.2) is 4.98 Å². The van der Waals surface area contributed by atoms with E-state index in [0.717, 1.165) is 28.5 Å². The van der Waals surface area contributed by atoms with Gasteiger partial charge in [-0.3, -0.25) is 4.98 Å². The van der Waals surface area contributed by atoms with Gasteiger partial charge >= 0.3 is 0 Å². The van der Waals surface area contributed by atoms with Crippen LogP contribution < -0.4 is 5.32 Å². The van der Waals surface area contributed by atoms with Crippen LogP contribution >= 0.6 is 0 Å². The Kier molecular flexibility index (Phi) is 5.58. The minimum atomic E-state index is 0.260. The first-order valence-corrected chi connectivity index (χ1v) is 8.47. The molecule has 0 spiro atoms. The van der Waals surface area contributed by atoms with Crippen LogP contribution in [0.1, 0.15) is 18.3 Å². The van der Waals surface area contributed by atoms with Crippen molar-refractivity contribution in [3.63, 3.8) is 0 Å². The second kappa shape index (κ2) is 8.05. The first-order valence-electron chi connectivity index (χ1n) is 8.47. The van der Waals surface area contributed by atoms with E-state index in [0.29, 0.717) is 13.2 Å². The van der Waals surface area contributed by atoms with Crippen LogP contribution in [-0.4, -0.2) is 34.7 Å². The number of hydrogen-bond acceptors (Lipinski definition) is 4. The third-order valence-electron chi connectivity index (χ3n) is 4.03. The van der Waals surface area contributed by atoms with Crippen molar-refractivity contribution >= 4 is 0 Å². The van der Waals surface area contributed by atoms with Crippen molar-refractivity contribution in [1.82, 2.24) is 20.3 Å². The second-order valence-corrected chi connectivity index (χ2v) is 6.23. The molecule has 0 aliphatic heterocycles. The molecule has 5 heteroatoms. The Labute approximate surface area is 148 Å². The molecule has 1 aromatic carbocycles. The summed E-state index contributed by atoms with van der Waals surface area (Å²) in [6.45, 7) is 5.49. The zero-order valence-electron chi connectivity index (χ0n) is 14.9. The number of H-pyrrole nitrogens is 1. The molecule has 2 aromatic heterocycles. The van der Waals surface area contributed by atoms with E-state index in [1.54, 1.807) is 13.3 Å². The van der Waals surface area contributed by atoms with Gasteiger partial charge in [0.15, 0.2) is 0 Å². The molecular formula is C20H24N4O. The van der Waals surface area contributed by atoms with Crippen molar-refractivity contribution in [2.45, 2.75) is 26.4 Å². The van der Waals surface area contributed by atoms with E-state index < -0.39 is 0 Å². The molecular weight excluding hydrogens is 312 g/mol. The molecule has 0 saturated carbocycles. The number of nitrogens with one attached hydrogen (secondary N) is 2. The van der Waals surface area contributed by atoms with Crippen molar-refractivity contribution in [2.24, 2.45) is 0 Å². The average molecular weight is 336 g/mol. The van der Waals surface area contributed by atoms with Crippen LogP contribution in [0.3, 0.4) is 0 Å². The van der Waals surface area contributed by atoms with Crippen LogP contribution in [0, 0.1) is 6.92 Å². The van der Waals surface area contributed by atoms with Crippen LogP contribution in [-0.2, 0) is 11.3 Å². The van der Waals surface area contributed by atoms with Crippen molar-refractivity contribution in [1.29, 1.82) is 0 Å². The van der Waals surface area contributed by atoms with Gasteiger partial charge in [0.1, 0.15) is 5.82 Å². The lowest BCUT2D eigenvalue weighted by molar-refractivity contribution is 0.171. The van der Waals surface area contributed by atoms with Crippen LogP contribution in [0.25, 0.3) is 22.6 Å². The molecule has 0 amide bonds. The van der Waals surface area contributed by atoms with E-state index >= 15 is 0 Å². The highest BCUT2D eigenvalue weighted by Gasteiger charge is 2.15. The quantitative estimate of drug-likeness (QED) is 0.692. The number of ether oxygens (including phenoxy) is 1. The Hall–Kier alpha value is -2.50. The first kappa shape index (κ1) is 17.3. The minimum Gasteiger partial charge on any atom is -0.383 e. The first-order chi connectivity index (χ1) is 12.2. The number of aromatic nitrogens is 3. The van der Waals surface area contributed by atoms with Gasteiger partial charge in [0, 0.05) is 24.9 Å². The third-order valence-corrected chi connectivity index (χ3v) is 4.03. The van der Waals surface area contributed by atoms with E-state index in [2.05, 4.69) is 53.4 Å². The number of hydrogen-bond donors (Lipinski definition) is 2. The largest absolute Gasteiger partial charge is 0.383 e. The molecule has 1 atom stereocenters. The van der Waals surface area contributed by atoms with Gasteiger partial charge in [-0.15, -0.1) is 0 Å². The Morgan fingerprint density at radius 1 is 1.16 bits per heavy atom. The van der Waals surface area contributed by atoms with E-state index in [1.807, 2.05) is 18.2 Å². The molecule has 0 fully saturated rings. The summed E-state index contributed by atoms with van der Waals surface area (Å²) >= 11 is 0. The fourth-order valence-corrected chi connectivity index (χ4v) is 2.70. The molecule has 5 nitrogen and oxygen atoms in total. The molecule has 0 aliphatic carbocycles. The normalized spacial score (nSPS) is 12.3. The van der Waals surface area contributed by atoms with Crippen LogP contribution in [0.2, 0.25) is 0 Å². The minimum absolute atomic E-state index is 0.260. The Morgan fingerprint density at radius 2 is 1.96 bits per heavy atom. The third kappa shape index (κ3) is 4.32. The van der Waals surface area contributed by atoms with Crippen molar-refractivity contribution in [3.05, 3.63) is 60.0 Å². The molecule has 3 rings (SSSR count). The van der Waals surface area contributed by atoms with Gasteiger partial charge in [-0.05, 0) is 26.0 Å². The van der Waals surface area contributed by atoms with Gasteiger partial charge < -0.3 is 15.0 Å². The predicted molar refractivity (Wildman–Crippen MR) is 100 cm³/mol. The molecule has 2 N–H and O–H groups in total. The molecule has 1 unspecified atom stereocenters. The SMILES string of the molecule is COCC(C)NCc1nc(-c2ccc(C)cc2)c(-c2ccccn2)[nH]1. The molecule has 130 valence electrons. The number of benzene rings is 1. The van der Waals surface area contributed by atoms with Gasteiger partial charge in [-0.2, -0.15) is 0 Å². The fourth-order valence-electron chi connectivity index (χ4n) is 2.70. The summed E-state index contributed by atoms with van der Waals surface area (Å²) in [6.07, 6.45) is 1.80. The van der Waals surface area contributed by atoms with Gasteiger partial charge in [0.05, 0.1) is 30.2 Å². The second-order valence-electron chi connectivity index (χ2n) is 6.23. The van der Waals surface area contributed by atoms with E-state index in [-0.39, 0.29) is 6.04 Å². The van der Waals surface area contributed by atoms with Crippen molar-refractivity contribution < 1.29 is 4.74 Å². The maximum atomic E-state index is 5.17. The van der Waals surface area contributed by atoms with Gasteiger partial charge in [0.2, 0.25) is 0 Å². The smallest absolute Gasteiger partial charge is 0.121 e. The highest BCUT2D eigenvalue weighted by atomic mass is 16.5. The summed E-state index contributed by atoms with van der Waals surface area (Å²) in [7, 11) is 1.71. The van der Waals surface area contributed by atoms with Crippen molar-refractivity contribution in [2.75, 3.05) is 13.7 Å². The molecule has 25 heavy (non-hydrogen) atoms. The molecule has 3 aromatic rings. The number of methoxy groups -OCH3 is 1. The molecule has 0 radical (unpaired) electrons. The Balaban J connectivity index is 1.93. The number of nitrogens with zero attached hydrogens (tertiary/aromatic N) is 2. The lowest BCUT2D eigenvalue weighted by Crippen LogP contribution is -2.29. The number of pyridine rings is 1. The van der Waals surface area contributed by atoms with Gasteiger partial charge in [0.25, 0.3) is 0 Å². The van der Waals surface area contributed by atoms with E-state index in [1.165, 1.54) is 5.56 Å². The highest BCUT2D eigenvalue weighted by Crippen LogP contribution is 2.29. The number of imidazole rings is 1. The number of aromatic amines is 1. The Bertz CT molecular complexity index is 796. The molecule has 0 bridgehead atoms. The molecule has 0 saturated heterocycles. The summed E-state index contributed by atoms with van der Waals surface area (Å²) in [5, 5.41) is 3.41. The monoisotopic (exact) mass is 336 g/mol. The fraction of sp³-hybridized carbons (Fsp3) is 0.300. The predicted octanol–water partition coefficient (Wildman–Crippen LogP) is 3.57. The average Bonchev–Trinajstić information content (AvgIpc) is 3.06. The summed E-state index contributed by atoms with van der Waals surface area (Å²) in [5.41, 5.74) is 5.07. The molecule has 2 heterocycles. The summed E-state index contributed by atoms with van der Waals surface area (Å²) in [6, 6.07) is 14.6. The van der Waals surface area contributed by atoms with Crippen LogP contribution in [0.5, 0.6) is 0 Å². The standard InChI is InChI=1S/C20H24N4O/c1-14-7-9-16(10-8-14)19-20(17-6-4-5-11-21-17)24-18(23-19)12-22-15(2)13-25-3/h4-11,15,22H,12-13H2,1-3H3,(H,23,24). The number of aryl methyl sites for hydroxylation is 1. The number of rotatable bonds is 7. The van der Waals surface area contributed by atoms with Crippen LogP contribution in [0.4, 0.5) is 0 Å². The van der Waals surface area contributed by atoms with Crippen LogP contribution in [0.15, 0.2) is 48.7 Å². The Morgan fingerprint density at radius 3 is 2.64 bits per heavy atom. The lowest BCUT2D eigenvalue weighted by Gasteiger charge is -2.10. The zero-order chi connectivity index (χ0) is 17.6. The maximum absolute atomic E-state index is 5.17. The summed E-state index contributed by atoms with van der Waals surface area (Å²) in [4.78, 5) is 12.7. The topological polar surface area (TPSA) is 62.8 Å².